The van der Waals surface area contributed by atoms with Crippen molar-refractivity contribution in [3.8, 4) is 0 Å². The second-order valence-electron chi connectivity index (χ2n) is 6.43. The zero-order chi connectivity index (χ0) is 17.3. The summed E-state index contributed by atoms with van der Waals surface area (Å²) < 4.78 is 20.7. The van der Waals surface area contributed by atoms with Crippen molar-refractivity contribution in [1.82, 2.24) is 0 Å². The van der Waals surface area contributed by atoms with Crippen LogP contribution in [0.15, 0.2) is 0 Å². The molecule has 1 aliphatic rings. The van der Waals surface area contributed by atoms with Gasteiger partial charge in [0.2, 0.25) is 0 Å². The van der Waals surface area contributed by atoms with Crippen LogP contribution in [0.4, 0.5) is 0 Å². The van der Waals surface area contributed by atoms with Crippen LogP contribution in [0.25, 0.3) is 0 Å². The first kappa shape index (κ1) is 18.4. The molecular weight excluding hydrogens is 296 g/mol. The Kier molecular flexibility index (Phi) is 5.19. The van der Waals surface area contributed by atoms with E-state index in [2.05, 4.69) is 0 Å². The van der Waals surface area contributed by atoms with Gasteiger partial charge >= 0.3 is 17.9 Å². The Hall–Kier alpha value is -1.67. The second kappa shape index (κ2) is 6.21. The highest BCUT2D eigenvalue weighted by Crippen LogP contribution is 2.30. The second-order valence-corrected chi connectivity index (χ2v) is 6.43. The van der Waals surface area contributed by atoms with E-state index < -0.39 is 47.6 Å². The lowest BCUT2D eigenvalue weighted by Crippen LogP contribution is -2.43. The largest absolute Gasteiger partial charge is 0.479 e. The molecule has 8 nitrogen and oxygen atoms in total. The molecule has 1 saturated heterocycles. The Morgan fingerprint density at radius 3 is 1.95 bits per heavy atom. The molecule has 8 heteroatoms. The number of carbonyl (C=O) groups excluding carboxylic acids is 2. The van der Waals surface area contributed by atoms with Gasteiger partial charge in [-0.2, -0.15) is 0 Å². The van der Waals surface area contributed by atoms with Gasteiger partial charge in [-0.25, -0.2) is 14.4 Å². The van der Waals surface area contributed by atoms with E-state index in [1.807, 2.05) is 0 Å². The molecule has 126 valence electrons. The third-order valence-corrected chi connectivity index (χ3v) is 2.61. The van der Waals surface area contributed by atoms with Crippen LogP contribution >= 0.6 is 0 Å². The van der Waals surface area contributed by atoms with E-state index in [1.54, 1.807) is 20.8 Å². The Morgan fingerprint density at radius 1 is 1.09 bits per heavy atom. The minimum atomic E-state index is -1.38. The van der Waals surface area contributed by atoms with E-state index in [1.165, 1.54) is 20.8 Å². The summed E-state index contributed by atoms with van der Waals surface area (Å²) in [6.07, 6.45) is -4.06. The van der Waals surface area contributed by atoms with E-state index >= 15 is 0 Å². The average molecular weight is 318 g/mol. The van der Waals surface area contributed by atoms with Gasteiger partial charge in [0, 0.05) is 0 Å². The van der Waals surface area contributed by atoms with Gasteiger partial charge in [-0.05, 0) is 41.5 Å². The summed E-state index contributed by atoms with van der Waals surface area (Å²) in [6.45, 7) is 9.27. The van der Waals surface area contributed by atoms with Gasteiger partial charge < -0.3 is 24.1 Å². The number of rotatable bonds is 4. The molecule has 1 aliphatic heterocycles. The zero-order valence-corrected chi connectivity index (χ0v) is 13.5. The molecule has 0 bridgehead atoms. The van der Waals surface area contributed by atoms with Gasteiger partial charge in [0.1, 0.15) is 5.60 Å². The van der Waals surface area contributed by atoms with E-state index in [9.17, 15) is 14.4 Å². The maximum atomic E-state index is 12.1. The van der Waals surface area contributed by atoms with Gasteiger partial charge in [0.15, 0.2) is 24.1 Å². The SMILES string of the molecule is C[C@H](OC(=O)[C@@H]1OC(C)(C)O[C@H]1C(=O)OC(C)(C)C)C(=O)O. The molecule has 0 unspecified atom stereocenters. The molecule has 1 N–H and O–H groups in total. The van der Waals surface area contributed by atoms with E-state index in [-0.39, 0.29) is 0 Å². The molecule has 0 spiro atoms. The van der Waals surface area contributed by atoms with Gasteiger partial charge in [-0.1, -0.05) is 0 Å². The highest BCUT2D eigenvalue weighted by molar-refractivity contribution is 5.87. The van der Waals surface area contributed by atoms with Crippen molar-refractivity contribution in [3.05, 3.63) is 0 Å². The van der Waals surface area contributed by atoms with E-state index in [0.29, 0.717) is 0 Å². The number of hydrogen-bond donors (Lipinski definition) is 1. The Bertz CT molecular complexity index is 462. The molecule has 22 heavy (non-hydrogen) atoms. The highest BCUT2D eigenvalue weighted by Gasteiger charge is 2.51. The van der Waals surface area contributed by atoms with Crippen molar-refractivity contribution in [3.63, 3.8) is 0 Å². The monoisotopic (exact) mass is 318 g/mol. The molecule has 1 heterocycles. The van der Waals surface area contributed by atoms with Crippen LogP contribution < -0.4 is 0 Å². The molecule has 3 atom stereocenters. The van der Waals surface area contributed by atoms with Crippen molar-refractivity contribution in [1.29, 1.82) is 0 Å². The lowest BCUT2D eigenvalue weighted by atomic mass is 10.1. The van der Waals surface area contributed by atoms with Crippen molar-refractivity contribution >= 4 is 17.9 Å². The summed E-state index contributed by atoms with van der Waals surface area (Å²) in [4.78, 5) is 34.9. The van der Waals surface area contributed by atoms with Gasteiger partial charge in [0.05, 0.1) is 0 Å². The summed E-state index contributed by atoms with van der Waals surface area (Å²) in [5.74, 6) is -4.27. The minimum Gasteiger partial charge on any atom is -0.479 e. The normalized spacial score (nSPS) is 25.4. The Morgan fingerprint density at radius 2 is 1.55 bits per heavy atom. The molecule has 0 aromatic rings. The van der Waals surface area contributed by atoms with Crippen molar-refractivity contribution in [2.75, 3.05) is 0 Å². The number of ether oxygens (including phenoxy) is 4. The number of carboxylic acid groups (broad SMARTS) is 1. The maximum Gasteiger partial charge on any atom is 0.344 e. The molecule has 0 amide bonds. The number of carbonyl (C=O) groups is 3. The lowest BCUT2D eigenvalue weighted by molar-refractivity contribution is -0.180. The number of hydrogen-bond acceptors (Lipinski definition) is 7. The van der Waals surface area contributed by atoms with Crippen molar-refractivity contribution < 1.29 is 38.4 Å². The lowest BCUT2D eigenvalue weighted by Gasteiger charge is -2.23. The van der Waals surface area contributed by atoms with Crippen LogP contribution in [0.1, 0.15) is 41.5 Å². The smallest absolute Gasteiger partial charge is 0.344 e. The van der Waals surface area contributed by atoms with Crippen LogP contribution in [-0.4, -0.2) is 52.7 Å². The molecule has 1 rings (SSSR count). The predicted molar refractivity (Wildman–Crippen MR) is 72.9 cm³/mol. The van der Waals surface area contributed by atoms with Crippen LogP contribution in [-0.2, 0) is 33.3 Å². The first-order valence-corrected chi connectivity index (χ1v) is 6.84. The zero-order valence-electron chi connectivity index (χ0n) is 13.5. The van der Waals surface area contributed by atoms with Crippen LogP contribution in [0.2, 0.25) is 0 Å². The topological polar surface area (TPSA) is 108 Å². The molecule has 0 aliphatic carbocycles. The summed E-state index contributed by atoms with van der Waals surface area (Å²) >= 11 is 0. The summed E-state index contributed by atoms with van der Waals surface area (Å²) in [5.41, 5.74) is -0.768. The van der Waals surface area contributed by atoms with E-state index in [0.717, 1.165) is 0 Å². The molecule has 0 saturated carbocycles. The van der Waals surface area contributed by atoms with Crippen molar-refractivity contribution in [2.45, 2.75) is 71.2 Å². The van der Waals surface area contributed by atoms with Crippen LogP contribution in [0.5, 0.6) is 0 Å². The van der Waals surface area contributed by atoms with Crippen LogP contribution in [0.3, 0.4) is 0 Å². The summed E-state index contributed by atoms with van der Waals surface area (Å²) in [6, 6.07) is 0. The molecular formula is C14H22O8. The highest BCUT2D eigenvalue weighted by atomic mass is 16.8. The first-order chi connectivity index (χ1) is 9.82. The molecule has 0 aromatic heterocycles. The number of esters is 2. The standard InChI is InChI=1S/C14H22O8/c1-7(10(15)16)19-11(17)8-9(21-14(5,6)20-8)12(18)22-13(2,3)4/h7-9H,1-6H3,(H,15,16)/t7-,8+,9+/m0/s1. The first-order valence-electron chi connectivity index (χ1n) is 6.84. The van der Waals surface area contributed by atoms with Crippen molar-refractivity contribution in [2.24, 2.45) is 0 Å². The summed E-state index contributed by atoms with van der Waals surface area (Å²) in [7, 11) is 0. The molecule has 1 fully saturated rings. The van der Waals surface area contributed by atoms with E-state index in [4.69, 9.17) is 24.1 Å². The number of carboxylic acids is 1. The Labute approximate surface area is 128 Å². The summed E-state index contributed by atoms with van der Waals surface area (Å²) in [5, 5.41) is 8.76. The van der Waals surface area contributed by atoms with Gasteiger partial charge in [-0.3, -0.25) is 0 Å². The fourth-order valence-electron chi connectivity index (χ4n) is 1.76. The maximum absolute atomic E-state index is 12.1. The van der Waals surface area contributed by atoms with Gasteiger partial charge in [-0.15, -0.1) is 0 Å². The number of aliphatic carboxylic acids is 1. The van der Waals surface area contributed by atoms with Gasteiger partial charge in [0.25, 0.3) is 0 Å². The predicted octanol–water partition coefficient (Wildman–Crippen LogP) is 0.864. The third kappa shape index (κ3) is 4.96. The molecule has 0 aromatic carbocycles. The van der Waals surface area contributed by atoms with Crippen LogP contribution in [0, 0.1) is 0 Å². The fourth-order valence-corrected chi connectivity index (χ4v) is 1.76. The average Bonchev–Trinajstić information content (AvgIpc) is 2.63. The Balaban J connectivity index is 2.87. The molecule has 0 radical (unpaired) electrons. The third-order valence-electron chi connectivity index (χ3n) is 2.61. The fraction of sp³-hybridized carbons (Fsp3) is 0.786. The minimum absolute atomic E-state index is 0.768. The quantitative estimate of drug-likeness (QED) is 0.760.